The Hall–Kier alpha value is -3.77. The van der Waals surface area contributed by atoms with Gasteiger partial charge in [-0.25, -0.2) is 0 Å². The van der Waals surface area contributed by atoms with Gasteiger partial charge in [0.1, 0.15) is 0 Å². The lowest BCUT2D eigenvalue weighted by molar-refractivity contribution is 0.0729. The van der Waals surface area contributed by atoms with Gasteiger partial charge in [-0.1, -0.05) is 42.5 Å². The molecule has 0 aliphatic rings. The van der Waals surface area contributed by atoms with Gasteiger partial charge in [-0.05, 0) is 59.3 Å². The number of nitrogens with zero attached hydrogens (tertiary/aromatic N) is 2. The molecule has 0 spiro atoms. The summed E-state index contributed by atoms with van der Waals surface area (Å²) in [5.41, 5.74) is 4.29. The number of aromatic nitrogens is 1. The highest BCUT2D eigenvalue weighted by atomic mass is 32.1. The predicted octanol–water partition coefficient (Wildman–Crippen LogP) is 5.55. The molecule has 6 heteroatoms. The van der Waals surface area contributed by atoms with Gasteiger partial charge in [-0.2, -0.15) is 0 Å². The van der Waals surface area contributed by atoms with Crippen LogP contribution < -0.4 is 5.32 Å². The number of carbonyl (C=O) groups is 2. The van der Waals surface area contributed by atoms with Crippen LogP contribution in [0, 0.1) is 6.92 Å². The summed E-state index contributed by atoms with van der Waals surface area (Å²) in [6.07, 6.45) is 3.49. The van der Waals surface area contributed by atoms with Crippen molar-refractivity contribution in [3.8, 4) is 0 Å². The molecule has 0 radical (unpaired) electrons. The second kappa shape index (κ2) is 10.0. The molecule has 2 amide bonds. The van der Waals surface area contributed by atoms with E-state index in [0.29, 0.717) is 29.2 Å². The fourth-order valence-electron chi connectivity index (χ4n) is 3.42. The molecule has 5 nitrogen and oxygen atoms in total. The highest BCUT2D eigenvalue weighted by molar-refractivity contribution is 7.12. The third kappa shape index (κ3) is 5.28. The molecule has 0 fully saturated rings. The van der Waals surface area contributed by atoms with Crippen LogP contribution in [0.25, 0.3) is 0 Å². The minimum absolute atomic E-state index is 0.107. The van der Waals surface area contributed by atoms with Crippen LogP contribution in [-0.2, 0) is 13.1 Å². The van der Waals surface area contributed by atoms with Gasteiger partial charge in [0.05, 0.1) is 4.88 Å². The average molecular weight is 442 g/mol. The minimum atomic E-state index is -0.184. The van der Waals surface area contributed by atoms with Crippen LogP contribution in [0.1, 0.15) is 36.7 Å². The van der Waals surface area contributed by atoms with Crippen LogP contribution >= 0.6 is 11.3 Å². The Labute approximate surface area is 191 Å². The maximum Gasteiger partial charge on any atom is 0.265 e. The Kier molecular flexibility index (Phi) is 6.72. The standard InChI is InChI=1S/C26H23N3O2S/c1-19-7-2-3-9-22(19)18-29(17-20-8-5-13-27-16-20)26(31)21-10-4-11-23(15-21)28-25(30)24-12-6-14-32-24/h2-16H,17-18H2,1H3,(H,28,30). The fourth-order valence-corrected chi connectivity index (χ4v) is 4.04. The smallest absolute Gasteiger partial charge is 0.265 e. The van der Waals surface area contributed by atoms with Crippen molar-refractivity contribution in [2.45, 2.75) is 20.0 Å². The Balaban J connectivity index is 1.58. The number of benzene rings is 2. The summed E-state index contributed by atoms with van der Waals surface area (Å²) >= 11 is 1.38. The Morgan fingerprint density at radius 2 is 1.84 bits per heavy atom. The molecule has 0 atom stereocenters. The van der Waals surface area contributed by atoms with E-state index < -0.39 is 0 Å². The zero-order valence-electron chi connectivity index (χ0n) is 17.7. The number of hydrogen-bond donors (Lipinski definition) is 1. The van der Waals surface area contributed by atoms with Crippen molar-refractivity contribution in [3.63, 3.8) is 0 Å². The van der Waals surface area contributed by atoms with Gasteiger partial charge in [-0.15, -0.1) is 11.3 Å². The number of pyridine rings is 1. The Bertz CT molecular complexity index is 1210. The number of carbonyl (C=O) groups excluding carboxylic acids is 2. The molecule has 2 aromatic carbocycles. The van der Waals surface area contributed by atoms with Crippen LogP contribution in [0.5, 0.6) is 0 Å². The number of aryl methyl sites for hydroxylation is 1. The zero-order valence-corrected chi connectivity index (χ0v) is 18.5. The lowest BCUT2D eigenvalue weighted by Gasteiger charge is -2.24. The molecule has 0 aliphatic carbocycles. The normalized spacial score (nSPS) is 10.5. The van der Waals surface area contributed by atoms with Gasteiger partial charge in [0.2, 0.25) is 0 Å². The van der Waals surface area contributed by atoms with E-state index in [1.165, 1.54) is 11.3 Å². The lowest BCUT2D eigenvalue weighted by Crippen LogP contribution is -2.30. The number of amides is 2. The summed E-state index contributed by atoms with van der Waals surface area (Å²) in [4.78, 5) is 32.5. The van der Waals surface area contributed by atoms with Crippen molar-refractivity contribution in [1.29, 1.82) is 0 Å². The third-order valence-corrected chi connectivity index (χ3v) is 5.99. The molecule has 4 rings (SSSR count). The van der Waals surface area contributed by atoms with E-state index in [0.717, 1.165) is 16.7 Å². The maximum atomic E-state index is 13.5. The van der Waals surface area contributed by atoms with E-state index in [-0.39, 0.29) is 11.8 Å². The molecule has 2 heterocycles. The summed E-state index contributed by atoms with van der Waals surface area (Å²) in [6.45, 7) is 2.96. The van der Waals surface area contributed by atoms with Crippen LogP contribution in [-0.4, -0.2) is 21.7 Å². The second-order valence-corrected chi connectivity index (χ2v) is 8.41. The quantitative estimate of drug-likeness (QED) is 0.409. The van der Waals surface area contributed by atoms with Crippen molar-refractivity contribution in [2.24, 2.45) is 0 Å². The van der Waals surface area contributed by atoms with Crippen molar-refractivity contribution in [1.82, 2.24) is 9.88 Å². The van der Waals surface area contributed by atoms with Crippen LogP contribution in [0.2, 0.25) is 0 Å². The molecular formula is C26H23N3O2S. The van der Waals surface area contributed by atoms with E-state index in [1.54, 1.807) is 47.6 Å². The van der Waals surface area contributed by atoms with E-state index >= 15 is 0 Å². The summed E-state index contributed by atoms with van der Waals surface area (Å²) in [5.74, 6) is -0.291. The summed E-state index contributed by atoms with van der Waals surface area (Å²) in [5, 5.41) is 4.74. The van der Waals surface area contributed by atoms with Crippen molar-refractivity contribution < 1.29 is 9.59 Å². The zero-order chi connectivity index (χ0) is 22.3. The molecule has 32 heavy (non-hydrogen) atoms. The predicted molar refractivity (Wildman–Crippen MR) is 128 cm³/mol. The summed E-state index contributed by atoms with van der Waals surface area (Å²) < 4.78 is 0. The van der Waals surface area contributed by atoms with Gasteiger partial charge in [0.25, 0.3) is 11.8 Å². The number of rotatable bonds is 7. The monoisotopic (exact) mass is 441 g/mol. The topological polar surface area (TPSA) is 62.3 Å². The molecule has 0 bridgehead atoms. The van der Waals surface area contributed by atoms with E-state index in [4.69, 9.17) is 0 Å². The average Bonchev–Trinajstić information content (AvgIpc) is 3.36. The minimum Gasteiger partial charge on any atom is -0.330 e. The molecule has 0 saturated carbocycles. The maximum absolute atomic E-state index is 13.5. The van der Waals surface area contributed by atoms with Crippen molar-refractivity contribution >= 4 is 28.8 Å². The summed E-state index contributed by atoms with van der Waals surface area (Å²) in [6, 6.07) is 22.6. The first-order valence-corrected chi connectivity index (χ1v) is 11.2. The number of hydrogen-bond acceptors (Lipinski definition) is 4. The van der Waals surface area contributed by atoms with Crippen molar-refractivity contribution in [3.05, 3.63) is 118 Å². The largest absolute Gasteiger partial charge is 0.330 e. The van der Waals surface area contributed by atoms with E-state index in [2.05, 4.69) is 10.3 Å². The van der Waals surface area contributed by atoms with E-state index in [9.17, 15) is 9.59 Å². The first-order chi connectivity index (χ1) is 15.6. The van der Waals surface area contributed by atoms with E-state index in [1.807, 2.05) is 54.8 Å². The molecular weight excluding hydrogens is 418 g/mol. The Morgan fingerprint density at radius 1 is 0.969 bits per heavy atom. The van der Waals surface area contributed by atoms with Crippen LogP contribution in [0.15, 0.2) is 90.6 Å². The first kappa shape index (κ1) is 21.5. The molecule has 2 aromatic heterocycles. The van der Waals surface area contributed by atoms with Gasteiger partial charge < -0.3 is 10.2 Å². The molecule has 1 N–H and O–H groups in total. The molecule has 0 saturated heterocycles. The van der Waals surface area contributed by atoms with Gasteiger partial charge in [0.15, 0.2) is 0 Å². The van der Waals surface area contributed by atoms with Gasteiger partial charge in [-0.3, -0.25) is 14.6 Å². The van der Waals surface area contributed by atoms with Crippen molar-refractivity contribution in [2.75, 3.05) is 5.32 Å². The molecule has 0 unspecified atom stereocenters. The molecule has 4 aromatic rings. The van der Waals surface area contributed by atoms with Crippen LogP contribution in [0.3, 0.4) is 0 Å². The number of anilines is 1. The Morgan fingerprint density at radius 3 is 2.59 bits per heavy atom. The summed E-state index contributed by atoms with van der Waals surface area (Å²) in [7, 11) is 0. The highest BCUT2D eigenvalue weighted by Gasteiger charge is 2.18. The number of nitrogens with one attached hydrogen (secondary N) is 1. The molecule has 0 aliphatic heterocycles. The third-order valence-electron chi connectivity index (χ3n) is 5.12. The van der Waals surface area contributed by atoms with Gasteiger partial charge >= 0.3 is 0 Å². The lowest BCUT2D eigenvalue weighted by atomic mass is 10.1. The first-order valence-electron chi connectivity index (χ1n) is 10.3. The van der Waals surface area contributed by atoms with Gasteiger partial charge in [0, 0.05) is 36.7 Å². The second-order valence-electron chi connectivity index (χ2n) is 7.46. The fraction of sp³-hybridized carbons (Fsp3) is 0.115. The highest BCUT2D eigenvalue weighted by Crippen LogP contribution is 2.19. The SMILES string of the molecule is Cc1ccccc1CN(Cc1cccnc1)C(=O)c1cccc(NC(=O)c2cccs2)c1. The number of thiophene rings is 1. The molecule has 160 valence electrons. The van der Waals surface area contributed by atoms with Crippen LogP contribution in [0.4, 0.5) is 5.69 Å².